The zero-order valence-electron chi connectivity index (χ0n) is 8.76. The fraction of sp³-hybridized carbons (Fsp3) is 0.0769. The van der Waals surface area contributed by atoms with Crippen LogP contribution in [-0.2, 0) is 6.54 Å². The van der Waals surface area contributed by atoms with Gasteiger partial charge in [0.05, 0.1) is 5.56 Å². The molecular formula is C13H12N2O. The van der Waals surface area contributed by atoms with E-state index in [0.29, 0.717) is 12.1 Å². The van der Waals surface area contributed by atoms with Gasteiger partial charge in [-0.3, -0.25) is 9.78 Å². The summed E-state index contributed by atoms with van der Waals surface area (Å²) in [6.45, 7) is 0.700. The van der Waals surface area contributed by atoms with Crippen molar-refractivity contribution in [2.24, 2.45) is 0 Å². The Labute approximate surface area is 94.1 Å². The van der Waals surface area contributed by atoms with E-state index < -0.39 is 0 Å². The molecule has 2 rings (SSSR count). The van der Waals surface area contributed by atoms with Gasteiger partial charge in [-0.1, -0.05) is 30.3 Å². The number of carbonyl (C=O) groups excluding carboxylic acids is 1. The predicted molar refractivity (Wildman–Crippen MR) is 63.4 cm³/mol. The van der Waals surface area contributed by atoms with E-state index in [1.165, 1.54) is 5.56 Å². The average Bonchev–Trinajstić information content (AvgIpc) is 2.38. The fourth-order valence-corrected chi connectivity index (χ4v) is 1.45. The van der Waals surface area contributed by atoms with Gasteiger partial charge in [0.2, 0.25) is 0 Å². The molecule has 0 radical (unpaired) electrons. The summed E-state index contributed by atoms with van der Waals surface area (Å²) < 4.78 is 0. The second-order valence-corrected chi connectivity index (χ2v) is 3.42. The number of rotatable bonds is 4. The lowest BCUT2D eigenvalue weighted by Gasteiger charge is -2.07. The zero-order chi connectivity index (χ0) is 11.2. The quantitative estimate of drug-likeness (QED) is 0.792. The molecule has 0 aliphatic heterocycles. The molecule has 0 unspecified atom stereocenters. The number of hydrogen-bond donors (Lipinski definition) is 1. The molecule has 0 saturated carbocycles. The Morgan fingerprint density at radius 2 is 2.00 bits per heavy atom. The summed E-state index contributed by atoms with van der Waals surface area (Å²) in [7, 11) is 0. The first-order valence-corrected chi connectivity index (χ1v) is 5.07. The lowest BCUT2D eigenvalue weighted by Crippen LogP contribution is -2.02. The van der Waals surface area contributed by atoms with Crippen molar-refractivity contribution in [2.45, 2.75) is 6.54 Å². The van der Waals surface area contributed by atoms with E-state index in [0.717, 1.165) is 12.0 Å². The molecule has 1 aromatic carbocycles. The van der Waals surface area contributed by atoms with Crippen LogP contribution < -0.4 is 5.32 Å². The van der Waals surface area contributed by atoms with E-state index >= 15 is 0 Å². The molecule has 1 N–H and O–H groups in total. The van der Waals surface area contributed by atoms with Crippen molar-refractivity contribution < 1.29 is 4.79 Å². The predicted octanol–water partition coefficient (Wildman–Crippen LogP) is 2.51. The van der Waals surface area contributed by atoms with Crippen molar-refractivity contribution in [3.8, 4) is 0 Å². The molecule has 3 nitrogen and oxygen atoms in total. The lowest BCUT2D eigenvalue weighted by atomic mass is 10.2. The van der Waals surface area contributed by atoms with Gasteiger partial charge in [-0.25, -0.2) is 0 Å². The first-order chi connectivity index (χ1) is 7.90. The van der Waals surface area contributed by atoms with Crippen LogP contribution in [0, 0.1) is 0 Å². The molecule has 0 bridgehead atoms. The number of pyridine rings is 1. The van der Waals surface area contributed by atoms with Gasteiger partial charge in [0, 0.05) is 24.6 Å². The SMILES string of the molecule is O=Cc1cnccc1NCc1ccccc1. The Morgan fingerprint density at radius 1 is 1.19 bits per heavy atom. The maximum absolute atomic E-state index is 10.8. The molecule has 0 aliphatic rings. The van der Waals surface area contributed by atoms with Gasteiger partial charge in [-0.2, -0.15) is 0 Å². The van der Waals surface area contributed by atoms with Crippen LogP contribution in [0.25, 0.3) is 0 Å². The van der Waals surface area contributed by atoms with Crippen molar-refractivity contribution in [3.63, 3.8) is 0 Å². The molecular weight excluding hydrogens is 200 g/mol. The van der Waals surface area contributed by atoms with E-state index in [1.54, 1.807) is 18.5 Å². The first-order valence-electron chi connectivity index (χ1n) is 5.07. The molecule has 0 aliphatic carbocycles. The van der Waals surface area contributed by atoms with E-state index in [1.807, 2.05) is 30.3 Å². The number of nitrogens with one attached hydrogen (secondary N) is 1. The van der Waals surface area contributed by atoms with Gasteiger partial charge in [0.1, 0.15) is 0 Å². The highest BCUT2D eigenvalue weighted by Crippen LogP contribution is 2.12. The maximum Gasteiger partial charge on any atom is 0.153 e. The molecule has 16 heavy (non-hydrogen) atoms. The summed E-state index contributed by atoms with van der Waals surface area (Å²) in [5.41, 5.74) is 2.57. The Bertz CT molecular complexity index is 468. The van der Waals surface area contributed by atoms with Crippen molar-refractivity contribution in [2.75, 3.05) is 5.32 Å². The van der Waals surface area contributed by atoms with Gasteiger partial charge < -0.3 is 5.32 Å². The van der Waals surface area contributed by atoms with Gasteiger partial charge in [-0.05, 0) is 11.6 Å². The van der Waals surface area contributed by atoms with Crippen molar-refractivity contribution in [1.82, 2.24) is 4.98 Å². The van der Waals surface area contributed by atoms with Gasteiger partial charge in [0.25, 0.3) is 0 Å². The molecule has 1 heterocycles. The summed E-state index contributed by atoms with van der Waals surface area (Å²) in [6, 6.07) is 11.8. The highest BCUT2D eigenvalue weighted by Gasteiger charge is 1.99. The summed E-state index contributed by atoms with van der Waals surface area (Å²) in [5.74, 6) is 0. The molecule has 2 aromatic rings. The van der Waals surface area contributed by atoms with Crippen LogP contribution in [-0.4, -0.2) is 11.3 Å². The monoisotopic (exact) mass is 212 g/mol. The molecule has 0 atom stereocenters. The Morgan fingerprint density at radius 3 is 2.75 bits per heavy atom. The third kappa shape index (κ3) is 2.45. The minimum Gasteiger partial charge on any atom is -0.380 e. The second-order valence-electron chi connectivity index (χ2n) is 3.42. The normalized spacial score (nSPS) is 9.75. The van der Waals surface area contributed by atoms with Crippen LogP contribution in [0.2, 0.25) is 0 Å². The number of anilines is 1. The third-order valence-corrected chi connectivity index (χ3v) is 2.30. The third-order valence-electron chi connectivity index (χ3n) is 2.30. The summed E-state index contributed by atoms with van der Waals surface area (Å²) in [5, 5.41) is 3.21. The fourth-order valence-electron chi connectivity index (χ4n) is 1.45. The Kier molecular flexibility index (Phi) is 3.28. The number of aldehydes is 1. The summed E-state index contributed by atoms with van der Waals surface area (Å²) in [6.07, 6.45) is 4.03. The Hall–Kier alpha value is -2.16. The van der Waals surface area contributed by atoms with Gasteiger partial charge in [-0.15, -0.1) is 0 Å². The minimum atomic E-state index is 0.582. The average molecular weight is 212 g/mol. The van der Waals surface area contributed by atoms with E-state index in [4.69, 9.17) is 0 Å². The largest absolute Gasteiger partial charge is 0.380 e. The Balaban J connectivity index is 2.08. The number of carbonyl (C=O) groups is 1. The minimum absolute atomic E-state index is 0.582. The summed E-state index contributed by atoms with van der Waals surface area (Å²) >= 11 is 0. The van der Waals surface area contributed by atoms with Crippen molar-refractivity contribution >= 4 is 12.0 Å². The van der Waals surface area contributed by atoms with Crippen molar-refractivity contribution in [1.29, 1.82) is 0 Å². The van der Waals surface area contributed by atoms with Crippen LogP contribution in [0.15, 0.2) is 48.8 Å². The zero-order valence-corrected chi connectivity index (χ0v) is 8.76. The standard InChI is InChI=1S/C13H12N2O/c16-10-12-9-14-7-6-13(12)15-8-11-4-2-1-3-5-11/h1-7,9-10H,8H2,(H,14,15). The molecule has 80 valence electrons. The van der Waals surface area contributed by atoms with Crippen LogP contribution in [0.1, 0.15) is 15.9 Å². The number of benzene rings is 1. The van der Waals surface area contributed by atoms with Crippen LogP contribution in [0.3, 0.4) is 0 Å². The molecule has 0 amide bonds. The smallest absolute Gasteiger partial charge is 0.153 e. The van der Waals surface area contributed by atoms with E-state index in [9.17, 15) is 4.79 Å². The second kappa shape index (κ2) is 5.07. The van der Waals surface area contributed by atoms with E-state index in [2.05, 4.69) is 10.3 Å². The molecule has 3 heteroatoms. The van der Waals surface area contributed by atoms with Crippen LogP contribution in [0.4, 0.5) is 5.69 Å². The molecule has 1 aromatic heterocycles. The van der Waals surface area contributed by atoms with E-state index in [-0.39, 0.29) is 0 Å². The number of nitrogens with zero attached hydrogens (tertiary/aromatic N) is 1. The molecule has 0 spiro atoms. The van der Waals surface area contributed by atoms with Crippen LogP contribution >= 0.6 is 0 Å². The highest BCUT2D eigenvalue weighted by atomic mass is 16.1. The topological polar surface area (TPSA) is 42.0 Å². The highest BCUT2D eigenvalue weighted by molar-refractivity contribution is 5.83. The summed E-state index contributed by atoms with van der Waals surface area (Å²) in [4.78, 5) is 14.7. The number of aromatic nitrogens is 1. The molecule has 0 saturated heterocycles. The maximum atomic E-state index is 10.8. The molecule has 0 fully saturated rings. The first kappa shape index (κ1) is 10.4. The number of hydrogen-bond acceptors (Lipinski definition) is 3. The van der Waals surface area contributed by atoms with Gasteiger partial charge in [0.15, 0.2) is 6.29 Å². The lowest BCUT2D eigenvalue weighted by molar-refractivity contribution is 0.112. The van der Waals surface area contributed by atoms with Crippen molar-refractivity contribution in [3.05, 3.63) is 59.9 Å². The van der Waals surface area contributed by atoms with Crippen LogP contribution in [0.5, 0.6) is 0 Å². The van der Waals surface area contributed by atoms with Gasteiger partial charge >= 0.3 is 0 Å².